The third-order valence-corrected chi connectivity index (χ3v) is 2.24. The van der Waals surface area contributed by atoms with Crippen molar-refractivity contribution in [2.75, 3.05) is 5.32 Å². The minimum absolute atomic E-state index is 0.116. The first-order valence-electron chi connectivity index (χ1n) is 5.11. The molecular formula is C11H9FN4O2. The lowest BCUT2D eigenvalue weighted by Crippen LogP contribution is -2.05. The van der Waals surface area contributed by atoms with Gasteiger partial charge in [0.15, 0.2) is 0 Å². The summed E-state index contributed by atoms with van der Waals surface area (Å²) in [4.78, 5) is 10.2. The van der Waals surface area contributed by atoms with Crippen molar-refractivity contribution in [3.63, 3.8) is 0 Å². The van der Waals surface area contributed by atoms with Crippen LogP contribution in [0.25, 0.3) is 0 Å². The molecule has 0 saturated carbocycles. The summed E-state index contributed by atoms with van der Waals surface area (Å²) in [5.41, 5.74) is 0.544. The molecular weight excluding hydrogens is 239 g/mol. The molecule has 0 aliphatic heterocycles. The fourth-order valence-corrected chi connectivity index (χ4v) is 1.42. The summed E-state index contributed by atoms with van der Waals surface area (Å²) in [6.45, 7) is 0.234. The normalized spacial score (nSPS) is 10.1. The minimum Gasteiger partial charge on any atom is -0.374 e. The molecule has 2 aromatic rings. The second-order valence-electron chi connectivity index (χ2n) is 3.49. The van der Waals surface area contributed by atoms with Crippen molar-refractivity contribution in [2.45, 2.75) is 6.54 Å². The van der Waals surface area contributed by atoms with Crippen LogP contribution in [0.2, 0.25) is 0 Å². The van der Waals surface area contributed by atoms with Gasteiger partial charge in [-0.2, -0.15) is 10.2 Å². The minimum atomic E-state index is -0.571. The van der Waals surface area contributed by atoms with Crippen molar-refractivity contribution in [3.8, 4) is 0 Å². The van der Waals surface area contributed by atoms with Crippen LogP contribution in [0.3, 0.4) is 0 Å². The third kappa shape index (κ3) is 2.76. The maximum atomic E-state index is 13.0. The SMILES string of the molecule is O=[N+]([O-])c1ccc(F)cc1NCc1cccnn1. The maximum Gasteiger partial charge on any atom is 0.292 e. The predicted octanol–water partition coefficient (Wildman–Crippen LogP) is 2.14. The number of hydrogen-bond acceptors (Lipinski definition) is 5. The fourth-order valence-electron chi connectivity index (χ4n) is 1.42. The summed E-state index contributed by atoms with van der Waals surface area (Å²) in [5.74, 6) is -0.540. The van der Waals surface area contributed by atoms with Crippen molar-refractivity contribution in [1.82, 2.24) is 10.2 Å². The van der Waals surface area contributed by atoms with Crippen molar-refractivity contribution in [2.24, 2.45) is 0 Å². The largest absolute Gasteiger partial charge is 0.374 e. The van der Waals surface area contributed by atoms with E-state index in [2.05, 4.69) is 15.5 Å². The number of rotatable bonds is 4. The number of nitro groups is 1. The van der Waals surface area contributed by atoms with Gasteiger partial charge in [0.25, 0.3) is 5.69 Å². The highest BCUT2D eigenvalue weighted by atomic mass is 19.1. The summed E-state index contributed by atoms with van der Waals surface area (Å²) >= 11 is 0. The van der Waals surface area contributed by atoms with Crippen LogP contribution >= 0.6 is 0 Å². The van der Waals surface area contributed by atoms with E-state index in [0.717, 1.165) is 18.2 Å². The van der Waals surface area contributed by atoms with Crippen LogP contribution in [-0.4, -0.2) is 15.1 Å². The molecule has 6 nitrogen and oxygen atoms in total. The molecule has 1 aromatic carbocycles. The molecule has 1 heterocycles. The van der Waals surface area contributed by atoms with E-state index < -0.39 is 10.7 Å². The highest BCUT2D eigenvalue weighted by molar-refractivity contribution is 5.61. The smallest absolute Gasteiger partial charge is 0.292 e. The zero-order valence-corrected chi connectivity index (χ0v) is 9.21. The fraction of sp³-hybridized carbons (Fsp3) is 0.0909. The molecule has 0 unspecified atom stereocenters. The van der Waals surface area contributed by atoms with Gasteiger partial charge in [-0.3, -0.25) is 10.1 Å². The van der Waals surface area contributed by atoms with Gasteiger partial charge in [0.05, 0.1) is 17.2 Å². The van der Waals surface area contributed by atoms with Crippen molar-refractivity contribution >= 4 is 11.4 Å². The summed E-state index contributed by atoms with van der Waals surface area (Å²) in [6.07, 6.45) is 1.52. The van der Waals surface area contributed by atoms with Crippen LogP contribution in [0, 0.1) is 15.9 Å². The van der Waals surface area contributed by atoms with Crippen molar-refractivity contribution < 1.29 is 9.31 Å². The van der Waals surface area contributed by atoms with Crippen LogP contribution in [0.1, 0.15) is 5.69 Å². The lowest BCUT2D eigenvalue weighted by molar-refractivity contribution is -0.384. The molecule has 2 rings (SSSR count). The molecule has 7 heteroatoms. The molecule has 0 aliphatic rings. The van der Waals surface area contributed by atoms with E-state index in [1.165, 1.54) is 6.20 Å². The van der Waals surface area contributed by atoms with Crippen LogP contribution in [-0.2, 0) is 6.54 Å². The van der Waals surface area contributed by atoms with Gasteiger partial charge in [-0.15, -0.1) is 0 Å². The second-order valence-corrected chi connectivity index (χ2v) is 3.49. The van der Waals surface area contributed by atoms with Gasteiger partial charge >= 0.3 is 0 Å². The third-order valence-electron chi connectivity index (χ3n) is 2.24. The Hall–Kier alpha value is -2.57. The summed E-state index contributed by atoms with van der Waals surface area (Å²) in [6, 6.07) is 6.66. The first kappa shape index (κ1) is 11.9. The van der Waals surface area contributed by atoms with Gasteiger partial charge in [0.1, 0.15) is 11.5 Å². The zero-order valence-electron chi connectivity index (χ0n) is 9.21. The molecule has 0 bridgehead atoms. The van der Waals surface area contributed by atoms with Crippen molar-refractivity contribution in [3.05, 3.63) is 58.2 Å². The van der Waals surface area contributed by atoms with Crippen LogP contribution in [0.4, 0.5) is 15.8 Å². The quantitative estimate of drug-likeness (QED) is 0.662. The molecule has 1 N–H and O–H groups in total. The number of aromatic nitrogens is 2. The van der Waals surface area contributed by atoms with Gasteiger partial charge in [0.2, 0.25) is 0 Å². The Morgan fingerprint density at radius 1 is 1.39 bits per heavy atom. The Bertz CT molecular complexity index is 562. The number of hydrogen-bond donors (Lipinski definition) is 1. The standard InChI is InChI=1S/C11H9FN4O2/c12-8-3-4-11(16(17)18)10(6-8)13-7-9-2-1-5-14-15-9/h1-6,13H,7H2. The van der Waals surface area contributed by atoms with E-state index in [-0.39, 0.29) is 17.9 Å². The summed E-state index contributed by atoms with van der Waals surface area (Å²) in [5, 5.41) is 21.0. The Morgan fingerprint density at radius 2 is 2.22 bits per heavy atom. The summed E-state index contributed by atoms with van der Waals surface area (Å²) in [7, 11) is 0. The molecule has 18 heavy (non-hydrogen) atoms. The Labute approximate surface area is 102 Å². The lowest BCUT2D eigenvalue weighted by atomic mass is 10.2. The van der Waals surface area contributed by atoms with E-state index in [1.807, 2.05) is 0 Å². The topological polar surface area (TPSA) is 81.0 Å². The van der Waals surface area contributed by atoms with E-state index >= 15 is 0 Å². The van der Waals surface area contributed by atoms with E-state index in [1.54, 1.807) is 12.1 Å². The number of halogens is 1. The average Bonchev–Trinajstić information content (AvgIpc) is 2.37. The molecule has 92 valence electrons. The second kappa shape index (κ2) is 5.17. The van der Waals surface area contributed by atoms with Gasteiger partial charge in [-0.1, -0.05) is 0 Å². The molecule has 0 atom stereocenters. The number of benzene rings is 1. The van der Waals surface area contributed by atoms with E-state index in [9.17, 15) is 14.5 Å². The molecule has 1 aromatic heterocycles. The first-order chi connectivity index (χ1) is 8.66. The van der Waals surface area contributed by atoms with Crippen LogP contribution in [0.15, 0.2) is 36.5 Å². The molecule has 0 aliphatic carbocycles. The highest BCUT2D eigenvalue weighted by Crippen LogP contribution is 2.25. The Kier molecular flexibility index (Phi) is 3.42. The van der Waals surface area contributed by atoms with E-state index in [4.69, 9.17) is 0 Å². The predicted molar refractivity (Wildman–Crippen MR) is 62.4 cm³/mol. The Morgan fingerprint density at radius 3 is 2.89 bits per heavy atom. The molecule has 0 amide bonds. The van der Waals surface area contributed by atoms with Gasteiger partial charge in [0, 0.05) is 18.3 Å². The first-order valence-corrected chi connectivity index (χ1v) is 5.11. The molecule has 0 saturated heterocycles. The monoisotopic (exact) mass is 248 g/mol. The lowest BCUT2D eigenvalue weighted by Gasteiger charge is -2.06. The molecule has 0 fully saturated rings. The average molecular weight is 248 g/mol. The van der Waals surface area contributed by atoms with Gasteiger partial charge in [-0.05, 0) is 18.2 Å². The maximum absolute atomic E-state index is 13.0. The number of nitrogens with zero attached hydrogens (tertiary/aromatic N) is 3. The van der Waals surface area contributed by atoms with Crippen LogP contribution in [0.5, 0.6) is 0 Å². The van der Waals surface area contributed by atoms with E-state index in [0.29, 0.717) is 5.69 Å². The number of nitro benzene ring substituents is 1. The van der Waals surface area contributed by atoms with Gasteiger partial charge in [-0.25, -0.2) is 4.39 Å². The Balaban J connectivity index is 2.18. The zero-order chi connectivity index (χ0) is 13.0. The molecule has 0 radical (unpaired) electrons. The summed E-state index contributed by atoms with van der Waals surface area (Å²) < 4.78 is 13.0. The number of nitrogens with one attached hydrogen (secondary N) is 1. The van der Waals surface area contributed by atoms with Crippen LogP contribution < -0.4 is 5.32 Å². The van der Waals surface area contributed by atoms with Gasteiger partial charge < -0.3 is 5.32 Å². The molecule has 0 spiro atoms. The highest BCUT2D eigenvalue weighted by Gasteiger charge is 2.14. The van der Waals surface area contributed by atoms with Crippen molar-refractivity contribution in [1.29, 1.82) is 0 Å². The number of anilines is 1.